The van der Waals surface area contributed by atoms with Crippen LogP contribution in [0.4, 0.5) is 0 Å². The van der Waals surface area contributed by atoms with Crippen LogP contribution in [0.25, 0.3) is 0 Å². The van der Waals surface area contributed by atoms with Crippen molar-refractivity contribution in [3.8, 4) is 0 Å². The van der Waals surface area contributed by atoms with Crippen molar-refractivity contribution in [1.82, 2.24) is 20.9 Å². The lowest BCUT2D eigenvalue weighted by Gasteiger charge is -2.24. The Kier molecular flexibility index (Phi) is 12.3. The van der Waals surface area contributed by atoms with Crippen LogP contribution in [-0.4, -0.2) is 86.0 Å². The second-order valence-electron chi connectivity index (χ2n) is 8.29. The maximum atomic E-state index is 12.5. The monoisotopic (exact) mass is 468 g/mol. The Labute approximate surface area is 194 Å². The number of nitrogens with zero attached hydrogens (tertiary/aromatic N) is 1. The fourth-order valence-electron chi connectivity index (χ4n) is 2.74. The number of nitrogens with one attached hydrogen (secondary N) is 3. The van der Waals surface area contributed by atoms with Crippen LogP contribution in [0.3, 0.4) is 0 Å². The zero-order chi connectivity index (χ0) is 25.0. The Morgan fingerprint density at radius 2 is 1.39 bits per heavy atom. The van der Waals surface area contributed by atoms with Gasteiger partial charge in [0, 0.05) is 24.6 Å². The van der Waals surface area contributed by atoms with Crippen LogP contribution >= 0.6 is 0 Å². The van der Waals surface area contributed by atoms with E-state index in [1.807, 2.05) is 13.8 Å². The van der Waals surface area contributed by atoms with E-state index in [-0.39, 0.29) is 75.0 Å². The number of rotatable bonds is 15. The summed E-state index contributed by atoms with van der Waals surface area (Å²) in [5, 5.41) is 8.01. The van der Waals surface area contributed by atoms with Gasteiger partial charge in [-0.05, 0) is 12.8 Å². The molecule has 11 nitrogen and oxygen atoms in total. The van der Waals surface area contributed by atoms with E-state index in [0.29, 0.717) is 0 Å². The van der Waals surface area contributed by atoms with Gasteiger partial charge >= 0.3 is 0 Å². The van der Waals surface area contributed by atoms with Crippen LogP contribution in [0.5, 0.6) is 0 Å². The normalized spacial score (nSPS) is 15.2. The molecule has 3 N–H and O–H groups in total. The molecule has 186 valence electrons. The summed E-state index contributed by atoms with van der Waals surface area (Å²) in [6.45, 7) is 10.1. The van der Waals surface area contributed by atoms with E-state index >= 15 is 0 Å². The van der Waals surface area contributed by atoms with Crippen molar-refractivity contribution in [3.05, 3.63) is 12.2 Å². The fourth-order valence-corrected chi connectivity index (χ4v) is 2.74. The quantitative estimate of drug-likeness (QED) is 0.214. The average Bonchev–Trinajstić information content (AvgIpc) is 3.07. The topological polar surface area (TPSA) is 143 Å². The summed E-state index contributed by atoms with van der Waals surface area (Å²) in [6.07, 6.45) is 2.45. The van der Waals surface area contributed by atoms with Gasteiger partial charge < -0.3 is 25.4 Å². The molecule has 0 fully saturated rings. The lowest BCUT2D eigenvalue weighted by molar-refractivity contribution is -0.137. The van der Waals surface area contributed by atoms with Crippen LogP contribution in [0.15, 0.2) is 12.2 Å². The van der Waals surface area contributed by atoms with Crippen LogP contribution in [-0.2, 0) is 33.4 Å². The number of imide groups is 1. The first-order valence-corrected chi connectivity index (χ1v) is 11.1. The van der Waals surface area contributed by atoms with Gasteiger partial charge in [0.2, 0.25) is 17.7 Å². The Morgan fingerprint density at radius 3 is 1.94 bits per heavy atom. The summed E-state index contributed by atoms with van der Waals surface area (Å²) in [6, 6.07) is -1.50. The standard InChI is InChI=1S/C22H36N4O7/c1-14(2)19(25-21(30)16(5)24-20(29)15(3)4)22(31)23-8-10-32-12-13-33-11-9-26-17(27)6-7-18(26)28/h6-7,14-16,19H,8-13H2,1-5H3,(H,23,31)(H,24,29)(H,25,30)/t16-,19-/m1/s1. The molecule has 0 aromatic carbocycles. The third kappa shape index (κ3) is 10.1. The molecule has 5 amide bonds. The van der Waals surface area contributed by atoms with E-state index in [4.69, 9.17) is 9.47 Å². The molecule has 0 aliphatic carbocycles. The SMILES string of the molecule is CC(C)C(=O)N[C@H](C)C(=O)N[C@@H](C(=O)NCCOCCOCCN1C(=O)C=CC1=O)C(C)C. The third-order valence-corrected chi connectivity index (χ3v) is 4.80. The van der Waals surface area contributed by atoms with E-state index in [9.17, 15) is 24.0 Å². The number of amides is 5. The van der Waals surface area contributed by atoms with Gasteiger partial charge in [-0.1, -0.05) is 27.7 Å². The molecular formula is C22H36N4O7. The van der Waals surface area contributed by atoms with Crippen molar-refractivity contribution in [2.24, 2.45) is 11.8 Å². The van der Waals surface area contributed by atoms with Crippen LogP contribution < -0.4 is 16.0 Å². The van der Waals surface area contributed by atoms with Crippen LogP contribution in [0, 0.1) is 11.8 Å². The lowest BCUT2D eigenvalue weighted by Crippen LogP contribution is -2.55. The zero-order valence-electron chi connectivity index (χ0n) is 20.0. The molecule has 0 aromatic rings. The molecule has 1 rings (SSSR count). The maximum Gasteiger partial charge on any atom is 0.253 e. The van der Waals surface area contributed by atoms with Crippen molar-refractivity contribution in [2.45, 2.75) is 46.7 Å². The number of hydrogen-bond donors (Lipinski definition) is 3. The van der Waals surface area contributed by atoms with Gasteiger partial charge in [-0.3, -0.25) is 28.9 Å². The van der Waals surface area contributed by atoms with Gasteiger partial charge in [0.15, 0.2) is 0 Å². The Hall–Kier alpha value is -2.79. The predicted molar refractivity (Wildman–Crippen MR) is 120 cm³/mol. The highest BCUT2D eigenvalue weighted by Gasteiger charge is 2.27. The fraction of sp³-hybridized carbons (Fsp3) is 0.682. The highest BCUT2D eigenvalue weighted by molar-refractivity contribution is 6.12. The van der Waals surface area contributed by atoms with Gasteiger partial charge in [-0.25, -0.2) is 0 Å². The number of carbonyl (C=O) groups excluding carboxylic acids is 5. The minimum Gasteiger partial charge on any atom is -0.377 e. The molecule has 11 heteroatoms. The number of hydrogen-bond acceptors (Lipinski definition) is 7. The molecule has 0 radical (unpaired) electrons. The largest absolute Gasteiger partial charge is 0.377 e. The van der Waals surface area contributed by atoms with Gasteiger partial charge in [0.05, 0.1) is 33.0 Å². The molecule has 0 aromatic heterocycles. The summed E-state index contributed by atoms with van der Waals surface area (Å²) < 4.78 is 10.7. The van der Waals surface area contributed by atoms with Gasteiger partial charge in [-0.15, -0.1) is 0 Å². The maximum absolute atomic E-state index is 12.5. The molecule has 0 spiro atoms. The summed E-state index contributed by atoms with van der Waals surface area (Å²) >= 11 is 0. The molecular weight excluding hydrogens is 432 g/mol. The molecule has 1 heterocycles. The van der Waals surface area contributed by atoms with Crippen LogP contribution in [0.2, 0.25) is 0 Å². The average molecular weight is 469 g/mol. The zero-order valence-corrected chi connectivity index (χ0v) is 20.0. The minimum absolute atomic E-state index is 0.152. The third-order valence-electron chi connectivity index (χ3n) is 4.80. The smallest absolute Gasteiger partial charge is 0.253 e. The molecule has 0 saturated carbocycles. The Bertz CT molecular complexity index is 718. The highest BCUT2D eigenvalue weighted by Crippen LogP contribution is 2.04. The number of carbonyl (C=O) groups is 5. The van der Waals surface area contributed by atoms with E-state index in [1.165, 1.54) is 12.2 Å². The first-order valence-electron chi connectivity index (χ1n) is 11.1. The van der Waals surface area contributed by atoms with Gasteiger partial charge in [0.1, 0.15) is 12.1 Å². The summed E-state index contributed by atoms with van der Waals surface area (Å²) in [7, 11) is 0. The second-order valence-corrected chi connectivity index (χ2v) is 8.29. The van der Waals surface area contributed by atoms with Crippen molar-refractivity contribution in [1.29, 1.82) is 0 Å². The molecule has 0 bridgehead atoms. The second kappa shape index (κ2) is 14.4. The van der Waals surface area contributed by atoms with Crippen molar-refractivity contribution >= 4 is 29.5 Å². The number of ether oxygens (including phenoxy) is 2. The predicted octanol–water partition coefficient (Wildman–Crippen LogP) is -0.638. The lowest BCUT2D eigenvalue weighted by atomic mass is 10.0. The summed E-state index contributed by atoms with van der Waals surface area (Å²) in [5.74, 6) is -2.10. The molecule has 0 unspecified atom stereocenters. The molecule has 0 saturated heterocycles. The van der Waals surface area contributed by atoms with E-state index in [0.717, 1.165) is 4.90 Å². The van der Waals surface area contributed by atoms with Crippen molar-refractivity contribution in [2.75, 3.05) is 39.5 Å². The molecule has 1 aliphatic rings. The van der Waals surface area contributed by atoms with E-state index < -0.39 is 18.0 Å². The highest BCUT2D eigenvalue weighted by atomic mass is 16.5. The molecule has 33 heavy (non-hydrogen) atoms. The van der Waals surface area contributed by atoms with E-state index in [2.05, 4.69) is 16.0 Å². The first kappa shape index (κ1) is 28.2. The van der Waals surface area contributed by atoms with Crippen molar-refractivity contribution in [3.63, 3.8) is 0 Å². The van der Waals surface area contributed by atoms with Gasteiger partial charge in [-0.2, -0.15) is 0 Å². The first-order chi connectivity index (χ1) is 15.5. The Morgan fingerprint density at radius 1 is 0.818 bits per heavy atom. The molecule has 1 aliphatic heterocycles. The van der Waals surface area contributed by atoms with Crippen molar-refractivity contribution < 1.29 is 33.4 Å². The summed E-state index contributed by atoms with van der Waals surface area (Å²) in [5.41, 5.74) is 0. The van der Waals surface area contributed by atoms with Gasteiger partial charge in [0.25, 0.3) is 11.8 Å². The summed E-state index contributed by atoms with van der Waals surface area (Å²) in [4.78, 5) is 60.5. The van der Waals surface area contributed by atoms with Crippen LogP contribution in [0.1, 0.15) is 34.6 Å². The Balaban J connectivity index is 2.21. The minimum atomic E-state index is -0.754. The molecule has 2 atom stereocenters. The van der Waals surface area contributed by atoms with E-state index in [1.54, 1.807) is 20.8 Å².